The van der Waals surface area contributed by atoms with Crippen LogP contribution in [0.3, 0.4) is 0 Å². The molecule has 0 spiro atoms. The molecule has 0 amide bonds. The van der Waals surface area contributed by atoms with Crippen molar-refractivity contribution in [1.82, 2.24) is 0 Å². The van der Waals surface area contributed by atoms with Crippen molar-refractivity contribution < 1.29 is 22.6 Å². The minimum Gasteiger partial charge on any atom is -0.497 e. The Morgan fingerprint density at radius 1 is 0.952 bits per heavy atom. The van der Waals surface area contributed by atoms with Gasteiger partial charge >= 0.3 is 6.18 Å². The van der Waals surface area contributed by atoms with E-state index in [0.717, 1.165) is 12.1 Å². The average molecular weight is 293 g/mol. The van der Waals surface area contributed by atoms with Gasteiger partial charge in [0.2, 0.25) is 0 Å². The van der Waals surface area contributed by atoms with Crippen molar-refractivity contribution in [2.24, 2.45) is 0 Å². The van der Waals surface area contributed by atoms with Gasteiger partial charge in [0, 0.05) is 0 Å². The minimum atomic E-state index is -4.57. The van der Waals surface area contributed by atoms with E-state index in [1.807, 2.05) is 0 Å². The van der Waals surface area contributed by atoms with Gasteiger partial charge in [-0.2, -0.15) is 18.4 Å². The Kier molecular flexibility index (Phi) is 4.03. The summed E-state index contributed by atoms with van der Waals surface area (Å²) in [5.74, 6) is 1.22. The third-order valence-corrected chi connectivity index (χ3v) is 2.71. The van der Waals surface area contributed by atoms with Gasteiger partial charge in [-0.3, -0.25) is 0 Å². The van der Waals surface area contributed by atoms with Crippen molar-refractivity contribution in [2.45, 2.75) is 6.18 Å². The molecule has 0 radical (unpaired) electrons. The number of methoxy groups -OCH3 is 1. The van der Waals surface area contributed by atoms with Crippen molar-refractivity contribution >= 4 is 0 Å². The van der Waals surface area contributed by atoms with E-state index in [2.05, 4.69) is 0 Å². The van der Waals surface area contributed by atoms with Crippen LogP contribution in [0, 0.1) is 11.3 Å². The van der Waals surface area contributed by atoms with Crippen LogP contribution in [0.2, 0.25) is 0 Å². The summed E-state index contributed by atoms with van der Waals surface area (Å²) in [5, 5.41) is 8.82. The Morgan fingerprint density at radius 3 is 2.05 bits per heavy atom. The number of alkyl halides is 3. The maximum absolute atomic E-state index is 12.7. The zero-order valence-corrected chi connectivity index (χ0v) is 10.9. The zero-order chi connectivity index (χ0) is 15.5. The molecule has 21 heavy (non-hydrogen) atoms. The Bertz CT molecular complexity index is 673. The lowest BCUT2D eigenvalue weighted by molar-refractivity contribution is -0.137. The highest BCUT2D eigenvalue weighted by Gasteiger charge is 2.33. The number of ether oxygens (including phenoxy) is 2. The molecular formula is C15H10F3NO2. The van der Waals surface area contributed by atoms with E-state index in [1.165, 1.54) is 19.2 Å². The molecule has 0 aliphatic carbocycles. The lowest BCUT2D eigenvalue weighted by Crippen LogP contribution is -2.07. The molecule has 0 saturated heterocycles. The molecule has 2 rings (SSSR count). The summed E-state index contributed by atoms with van der Waals surface area (Å²) in [6, 6.07) is 11.1. The molecule has 6 heteroatoms. The second-order valence-corrected chi connectivity index (χ2v) is 4.09. The third-order valence-electron chi connectivity index (χ3n) is 2.71. The van der Waals surface area contributed by atoms with Crippen molar-refractivity contribution in [3.63, 3.8) is 0 Å². The molecule has 0 fully saturated rings. The van der Waals surface area contributed by atoms with Gasteiger partial charge in [0.1, 0.15) is 17.2 Å². The summed E-state index contributed by atoms with van der Waals surface area (Å²) in [6.07, 6.45) is -4.57. The van der Waals surface area contributed by atoms with Gasteiger partial charge < -0.3 is 9.47 Å². The molecule has 3 nitrogen and oxygen atoms in total. The topological polar surface area (TPSA) is 42.2 Å². The summed E-state index contributed by atoms with van der Waals surface area (Å²) >= 11 is 0. The predicted octanol–water partition coefficient (Wildman–Crippen LogP) is 4.38. The quantitative estimate of drug-likeness (QED) is 0.843. The Hall–Kier alpha value is -2.68. The fourth-order valence-electron chi connectivity index (χ4n) is 1.71. The van der Waals surface area contributed by atoms with Crippen LogP contribution in [0.4, 0.5) is 13.2 Å². The van der Waals surface area contributed by atoms with Crippen molar-refractivity contribution in [3.05, 3.63) is 53.6 Å². The van der Waals surface area contributed by atoms with Gasteiger partial charge in [0.15, 0.2) is 0 Å². The van der Waals surface area contributed by atoms with E-state index in [0.29, 0.717) is 11.5 Å². The summed E-state index contributed by atoms with van der Waals surface area (Å²) in [6.45, 7) is 0. The normalized spacial score (nSPS) is 10.8. The van der Waals surface area contributed by atoms with Gasteiger partial charge in [-0.25, -0.2) is 0 Å². The summed E-state index contributed by atoms with van der Waals surface area (Å²) in [7, 11) is 1.52. The van der Waals surface area contributed by atoms with Crippen LogP contribution in [0.25, 0.3) is 0 Å². The van der Waals surface area contributed by atoms with E-state index in [9.17, 15) is 13.2 Å². The fraction of sp³-hybridized carbons (Fsp3) is 0.133. The first kappa shape index (κ1) is 14.7. The molecule has 0 bridgehead atoms. The number of hydrogen-bond acceptors (Lipinski definition) is 3. The van der Waals surface area contributed by atoms with E-state index in [4.69, 9.17) is 14.7 Å². The van der Waals surface area contributed by atoms with Crippen LogP contribution in [0.1, 0.15) is 11.1 Å². The summed E-state index contributed by atoms with van der Waals surface area (Å²) in [4.78, 5) is 0. The average Bonchev–Trinajstić information content (AvgIpc) is 2.46. The maximum atomic E-state index is 12.7. The van der Waals surface area contributed by atoms with Gasteiger partial charge in [-0.1, -0.05) is 0 Å². The Labute approximate surface area is 119 Å². The smallest absolute Gasteiger partial charge is 0.417 e. The zero-order valence-electron chi connectivity index (χ0n) is 10.9. The monoisotopic (exact) mass is 293 g/mol. The number of benzene rings is 2. The van der Waals surface area contributed by atoms with Crippen LogP contribution >= 0.6 is 0 Å². The highest BCUT2D eigenvalue weighted by molar-refractivity contribution is 5.46. The van der Waals surface area contributed by atoms with E-state index >= 15 is 0 Å². The minimum absolute atomic E-state index is 0.157. The Balaban J connectivity index is 2.27. The molecule has 0 aliphatic rings. The summed E-state index contributed by atoms with van der Waals surface area (Å²) in [5.41, 5.74) is -1.46. The molecule has 108 valence electrons. The van der Waals surface area contributed by atoms with Gasteiger partial charge in [-0.15, -0.1) is 0 Å². The van der Waals surface area contributed by atoms with E-state index in [-0.39, 0.29) is 5.75 Å². The first-order chi connectivity index (χ1) is 9.94. The number of halogens is 3. The lowest BCUT2D eigenvalue weighted by Gasteiger charge is -2.11. The largest absolute Gasteiger partial charge is 0.497 e. The molecule has 0 N–H and O–H groups in total. The SMILES string of the molecule is COc1ccc(Oc2ccc(C(F)(F)F)c(C#N)c2)cc1. The number of nitriles is 1. The number of hydrogen-bond donors (Lipinski definition) is 0. The van der Waals surface area contributed by atoms with E-state index in [1.54, 1.807) is 24.3 Å². The van der Waals surface area contributed by atoms with Gasteiger partial charge in [0.05, 0.1) is 24.3 Å². The molecule has 0 aliphatic heterocycles. The molecule has 0 aromatic heterocycles. The van der Waals surface area contributed by atoms with Crippen LogP contribution in [-0.2, 0) is 6.18 Å². The molecule has 0 unspecified atom stereocenters. The second-order valence-electron chi connectivity index (χ2n) is 4.09. The van der Waals surface area contributed by atoms with Crippen LogP contribution < -0.4 is 9.47 Å². The molecular weight excluding hydrogens is 283 g/mol. The van der Waals surface area contributed by atoms with Crippen LogP contribution in [0.15, 0.2) is 42.5 Å². The number of rotatable bonds is 3. The molecule has 2 aromatic rings. The highest BCUT2D eigenvalue weighted by Crippen LogP contribution is 2.34. The predicted molar refractivity (Wildman–Crippen MR) is 69.2 cm³/mol. The molecule has 0 heterocycles. The van der Waals surface area contributed by atoms with E-state index < -0.39 is 17.3 Å². The van der Waals surface area contributed by atoms with Crippen molar-refractivity contribution in [2.75, 3.05) is 7.11 Å². The molecule has 0 saturated carbocycles. The molecule has 0 atom stereocenters. The maximum Gasteiger partial charge on any atom is 0.417 e. The summed E-state index contributed by atoms with van der Waals surface area (Å²) < 4.78 is 48.4. The second kappa shape index (κ2) is 5.75. The van der Waals surface area contributed by atoms with Gasteiger partial charge in [-0.05, 0) is 42.5 Å². The standard InChI is InChI=1S/C15H10F3NO2/c1-20-11-2-4-12(5-3-11)21-13-6-7-14(15(16,17)18)10(8-13)9-19/h2-8H,1H3. The Morgan fingerprint density at radius 2 is 1.52 bits per heavy atom. The fourth-order valence-corrected chi connectivity index (χ4v) is 1.71. The molecule has 2 aromatic carbocycles. The lowest BCUT2D eigenvalue weighted by atomic mass is 10.1. The van der Waals surface area contributed by atoms with Crippen LogP contribution in [0.5, 0.6) is 17.2 Å². The third kappa shape index (κ3) is 3.45. The number of nitrogens with zero attached hydrogens (tertiary/aromatic N) is 1. The van der Waals surface area contributed by atoms with Crippen LogP contribution in [-0.4, -0.2) is 7.11 Å². The van der Waals surface area contributed by atoms with Gasteiger partial charge in [0.25, 0.3) is 0 Å². The van der Waals surface area contributed by atoms with Crippen molar-refractivity contribution in [1.29, 1.82) is 5.26 Å². The highest BCUT2D eigenvalue weighted by atomic mass is 19.4. The first-order valence-corrected chi connectivity index (χ1v) is 5.87. The van der Waals surface area contributed by atoms with Crippen molar-refractivity contribution in [3.8, 4) is 23.3 Å². The first-order valence-electron chi connectivity index (χ1n) is 5.87.